The van der Waals surface area contributed by atoms with Crippen LogP contribution < -0.4 is 10.1 Å². The fourth-order valence-corrected chi connectivity index (χ4v) is 1.71. The number of carbonyl (C=O) groups is 2. The molecule has 5 nitrogen and oxygen atoms in total. The second kappa shape index (κ2) is 6.47. The highest BCUT2D eigenvalue weighted by atomic mass is 35.5. The number of carbonyl (C=O) groups excluding carboxylic acids is 1. The number of amides is 1. The number of hydrogen-bond donors (Lipinski definition) is 2. The quantitative estimate of drug-likeness (QED) is 0.870. The Morgan fingerprint density at radius 2 is 1.94 bits per heavy atom. The zero-order chi connectivity index (χ0) is 13.7. The SMILES string of the molecule is CC(=O)NC(COc1c(Cl)cccc1Cl)C(=O)O. The van der Waals surface area contributed by atoms with E-state index >= 15 is 0 Å². The Morgan fingerprint density at radius 1 is 1.39 bits per heavy atom. The molecular formula is C11H11Cl2NO4. The van der Waals surface area contributed by atoms with Crippen LogP contribution in [-0.4, -0.2) is 29.6 Å². The Kier molecular flexibility index (Phi) is 5.25. The lowest BCUT2D eigenvalue weighted by Gasteiger charge is -2.15. The van der Waals surface area contributed by atoms with Gasteiger partial charge in [0.05, 0.1) is 10.0 Å². The minimum Gasteiger partial charge on any atom is -0.488 e. The summed E-state index contributed by atoms with van der Waals surface area (Å²) in [7, 11) is 0. The van der Waals surface area contributed by atoms with Crippen LogP contribution in [0.5, 0.6) is 5.75 Å². The molecule has 0 bridgehead atoms. The summed E-state index contributed by atoms with van der Waals surface area (Å²) < 4.78 is 5.23. The van der Waals surface area contributed by atoms with Gasteiger partial charge in [-0.05, 0) is 12.1 Å². The van der Waals surface area contributed by atoms with Gasteiger partial charge in [0.1, 0.15) is 6.61 Å². The van der Waals surface area contributed by atoms with Crippen LogP contribution in [0.25, 0.3) is 0 Å². The van der Waals surface area contributed by atoms with E-state index in [1.807, 2.05) is 0 Å². The van der Waals surface area contributed by atoms with Crippen molar-refractivity contribution in [3.05, 3.63) is 28.2 Å². The molecule has 1 aromatic rings. The van der Waals surface area contributed by atoms with Gasteiger partial charge in [-0.15, -0.1) is 0 Å². The normalized spacial score (nSPS) is 11.7. The molecule has 0 spiro atoms. The first-order chi connectivity index (χ1) is 8.41. The van der Waals surface area contributed by atoms with Crippen molar-refractivity contribution < 1.29 is 19.4 Å². The molecule has 98 valence electrons. The van der Waals surface area contributed by atoms with E-state index in [9.17, 15) is 9.59 Å². The second-order valence-electron chi connectivity index (χ2n) is 3.45. The van der Waals surface area contributed by atoms with Gasteiger partial charge >= 0.3 is 5.97 Å². The molecule has 0 fully saturated rings. The summed E-state index contributed by atoms with van der Waals surface area (Å²) in [6.45, 7) is 0.955. The van der Waals surface area contributed by atoms with Crippen molar-refractivity contribution in [2.24, 2.45) is 0 Å². The summed E-state index contributed by atoms with van der Waals surface area (Å²) in [5.41, 5.74) is 0. The van der Waals surface area contributed by atoms with Gasteiger partial charge in [-0.25, -0.2) is 4.79 Å². The van der Waals surface area contributed by atoms with Crippen molar-refractivity contribution in [3.8, 4) is 5.75 Å². The molecule has 1 amide bonds. The van der Waals surface area contributed by atoms with E-state index in [2.05, 4.69) is 5.32 Å². The molecule has 0 radical (unpaired) electrons. The van der Waals surface area contributed by atoms with Gasteiger partial charge in [-0.3, -0.25) is 4.79 Å². The highest BCUT2D eigenvalue weighted by Crippen LogP contribution is 2.32. The summed E-state index contributed by atoms with van der Waals surface area (Å²) in [4.78, 5) is 21.7. The maximum Gasteiger partial charge on any atom is 0.329 e. The summed E-state index contributed by atoms with van der Waals surface area (Å²) in [5, 5.41) is 11.7. The molecule has 0 heterocycles. The molecule has 2 N–H and O–H groups in total. The summed E-state index contributed by atoms with van der Waals surface area (Å²) in [6.07, 6.45) is 0. The Bertz CT molecular complexity index is 444. The first-order valence-electron chi connectivity index (χ1n) is 4.98. The topological polar surface area (TPSA) is 75.6 Å². The Morgan fingerprint density at radius 3 is 2.39 bits per heavy atom. The molecule has 1 atom stereocenters. The zero-order valence-corrected chi connectivity index (χ0v) is 11.0. The molecule has 0 aliphatic heterocycles. The smallest absolute Gasteiger partial charge is 0.329 e. The number of halogens is 2. The number of rotatable bonds is 5. The molecule has 1 aromatic carbocycles. The molecule has 0 aliphatic rings. The number of hydrogen-bond acceptors (Lipinski definition) is 3. The van der Waals surface area contributed by atoms with Crippen molar-refractivity contribution >= 4 is 35.1 Å². The van der Waals surface area contributed by atoms with E-state index in [1.54, 1.807) is 18.2 Å². The van der Waals surface area contributed by atoms with Gasteiger partial charge < -0.3 is 15.2 Å². The van der Waals surface area contributed by atoms with Gasteiger partial charge in [0, 0.05) is 6.92 Å². The summed E-state index contributed by atoms with van der Waals surface area (Å²) in [5.74, 6) is -1.47. The number of aliphatic carboxylic acids is 1. The van der Waals surface area contributed by atoms with E-state index in [4.69, 9.17) is 33.0 Å². The fraction of sp³-hybridized carbons (Fsp3) is 0.273. The first-order valence-corrected chi connectivity index (χ1v) is 5.74. The van der Waals surface area contributed by atoms with Crippen molar-refractivity contribution in [1.82, 2.24) is 5.32 Å². The number of para-hydroxylation sites is 1. The van der Waals surface area contributed by atoms with Crippen LogP contribution in [0.15, 0.2) is 18.2 Å². The van der Waals surface area contributed by atoms with Crippen LogP contribution >= 0.6 is 23.2 Å². The predicted octanol–water partition coefficient (Wildman–Crippen LogP) is 1.96. The average molecular weight is 292 g/mol. The van der Waals surface area contributed by atoms with E-state index < -0.39 is 17.9 Å². The maximum atomic E-state index is 10.9. The van der Waals surface area contributed by atoms with Crippen LogP contribution in [-0.2, 0) is 9.59 Å². The summed E-state index contributed by atoms with van der Waals surface area (Å²) >= 11 is 11.7. The molecule has 7 heteroatoms. The minimum atomic E-state index is -1.20. The number of carboxylic acids is 1. The molecule has 18 heavy (non-hydrogen) atoms. The van der Waals surface area contributed by atoms with E-state index in [0.717, 1.165) is 0 Å². The Balaban J connectivity index is 2.73. The number of benzene rings is 1. The van der Waals surface area contributed by atoms with Gasteiger partial charge in [0.2, 0.25) is 5.91 Å². The van der Waals surface area contributed by atoms with Gasteiger partial charge in [0.15, 0.2) is 11.8 Å². The number of nitrogens with one attached hydrogen (secondary N) is 1. The third-order valence-electron chi connectivity index (χ3n) is 1.99. The molecule has 0 saturated heterocycles. The minimum absolute atomic E-state index is 0.192. The van der Waals surface area contributed by atoms with E-state index in [-0.39, 0.29) is 22.4 Å². The van der Waals surface area contributed by atoms with Crippen LogP contribution in [0.3, 0.4) is 0 Å². The Labute approximate surface area is 114 Å². The highest BCUT2D eigenvalue weighted by Gasteiger charge is 2.20. The monoisotopic (exact) mass is 291 g/mol. The fourth-order valence-electron chi connectivity index (χ4n) is 1.21. The van der Waals surface area contributed by atoms with Gasteiger partial charge in [-0.2, -0.15) is 0 Å². The lowest BCUT2D eigenvalue weighted by molar-refractivity contribution is -0.142. The van der Waals surface area contributed by atoms with Crippen LogP contribution in [0.1, 0.15) is 6.92 Å². The lowest BCUT2D eigenvalue weighted by Crippen LogP contribution is -2.43. The predicted molar refractivity (Wildman–Crippen MR) is 67.2 cm³/mol. The van der Waals surface area contributed by atoms with Crippen LogP contribution in [0.2, 0.25) is 10.0 Å². The van der Waals surface area contributed by atoms with Crippen LogP contribution in [0, 0.1) is 0 Å². The largest absolute Gasteiger partial charge is 0.488 e. The van der Waals surface area contributed by atoms with E-state index in [1.165, 1.54) is 6.92 Å². The lowest BCUT2D eigenvalue weighted by atomic mass is 10.3. The first kappa shape index (κ1) is 14.6. The molecule has 1 rings (SSSR count). The zero-order valence-electron chi connectivity index (χ0n) is 9.44. The van der Waals surface area contributed by atoms with Crippen molar-refractivity contribution in [2.45, 2.75) is 13.0 Å². The third-order valence-corrected chi connectivity index (χ3v) is 2.58. The molecule has 1 unspecified atom stereocenters. The van der Waals surface area contributed by atoms with Crippen LogP contribution in [0.4, 0.5) is 0 Å². The molecule has 0 saturated carbocycles. The Hall–Kier alpha value is -1.46. The van der Waals surface area contributed by atoms with Gasteiger partial charge in [0.25, 0.3) is 0 Å². The number of carboxylic acid groups (broad SMARTS) is 1. The molecule has 0 aromatic heterocycles. The number of ether oxygens (including phenoxy) is 1. The average Bonchev–Trinajstić information content (AvgIpc) is 2.26. The molecular weight excluding hydrogens is 281 g/mol. The molecule has 0 aliphatic carbocycles. The van der Waals surface area contributed by atoms with Crippen molar-refractivity contribution in [3.63, 3.8) is 0 Å². The summed E-state index contributed by atoms with van der Waals surface area (Å²) in [6, 6.07) is 3.61. The third kappa shape index (κ3) is 4.09. The highest BCUT2D eigenvalue weighted by molar-refractivity contribution is 6.37. The van der Waals surface area contributed by atoms with Crippen molar-refractivity contribution in [1.29, 1.82) is 0 Å². The van der Waals surface area contributed by atoms with Gasteiger partial charge in [-0.1, -0.05) is 29.3 Å². The maximum absolute atomic E-state index is 10.9. The standard InChI is InChI=1S/C11H11Cl2NO4/c1-6(15)14-9(11(16)17)5-18-10-7(12)3-2-4-8(10)13/h2-4,9H,5H2,1H3,(H,14,15)(H,16,17). The second-order valence-corrected chi connectivity index (χ2v) is 4.27. The van der Waals surface area contributed by atoms with Crippen molar-refractivity contribution in [2.75, 3.05) is 6.61 Å². The van der Waals surface area contributed by atoms with E-state index in [0.29, 0.717) is 0 Å².